The quantitative estimate of drug-likeness (QED) is 0.0322. The minimum absolute atomic E-state index is 0.0151. The summed E-state index contributed by atoms with van der Waals surface area (Å²) in [5.74, 6) is -0.0990. The van der Waals surface area contributed by atoms with Crippen LogP contribution in [0, 0.1) is 0 Å². The molecule has 2 atom stereocenters. The van der Waals surface area contributed by atoms with E-state index in [2.05, 4.69) is 19.2 Å². The summed E-state index contributed by atoms with van der Waals surface area (Å²) in [6.45, 7) is 4.87. The molecule has 0 spiro atoms. The zero-order valence-corrected chi connectivity index (χ0v) is 40.5. The molecule has 0 radical (unpaired) electrons. The second-order valence-corrected chi connectivity index (χ2v) is 18.6. The Hall–Kier alpha value is -1.40. The number of carbonyl (C=O) groups excluding carboxylic acids is 2. The summed E-state index contributed by atoms with van der Waals surface area (Å²) >= 11 is 0. The lowest BCUT2D eigenvalue weighted by Gasteiger charge is -2.20. The van der Waals surface area contributed by atoms with Crippen LogP contribution in [0.25, 0.3) is 0 Å². The first-order valence-corrected chi connectivity index (χ1v) is 27.0. The lowest BCUT2D eigenvalue weighted by Crippen LogP contribution is -2.45. The lowest BCUT2D eigenvalue weighted by atomic mass is 10.0. The number of amides is 1. The summed E-state index contributed by atoms with van der Waals surface area (Å²) in [4.78, 5) is 24.4. The van der Waals surface area contributed by atoms with Gasteiger partial charge < -0.3 is 20.3 Å². The monoisotopic (exact) mass is 848 g/mol. The normalized spacial score (nSPS) is 12.7. The molecule has 0 aromatic heterocycles. The maximum atomic E-state index is 12.5. The molecule has 0 saturated carbocycles. The number of hydrogen-bond donors (Lipinski definition) is 3. The summed E-state index contributed by atoms with van der Waals surface area (Å²) < 4.78 is 5.44. The first kappa shape index (κ1) is 58.6. The average Bonchev–Trinajstić information content (AvgIpc) is 3.25. The molecule has 0 aliphatic carbocycles. The van der Waals surface area contributed by atoms with E-state index in [-0.39, 0.29) is 18.5 Å². The van der Waals surface area contributed by atoms with Gasteiger partial charge in [0.05, 0.1) is 25.4 Å². The van der Waals surface area contributed by atoms with Crippen LogP contribution in [0.4, 0.5) is 0 Å². The Kier molecular flexibility index (Phi) is 49.1. The molecule has 0 rings (SSSR count). The largest absolute Gasteiger partial charge is 0.466 e. The van der Waals surface area contributed by atoms with Gasteiger partial charge in [0.15, 0.2) is 0 Å². The van der Waals surface area contributed by atoms with E-state index in [0.717, 1.165) is 57.8 Å². The van der Waals surface area contributed by atoms with Crippen molar-refractivity contribution in [2.45, 2.75) is 309 Å². The second-order valence-electron chi connectivity index (χ2n) is 18.6. The Bertz CT molecular complexity index is 893. The van der Waals surface area contributed by atoms with E-state index in [1.807, 2.05) is 6.08 Å². The third-order valence-electron chi connectivity index (χ3n) is 12.6. The van der Waals surface area contributed by atoms with E-state index >= 15 is 0 Å². The van der Waals surface area contributed by atoms with Crippen molar-refractivity contribution in [2.24, 2.45) is 0 Å². The van der Waals surface area contributed by atoms with Crippen molar-refractivity contribution >= 4 is 11.9 Å². The van der Waals surface area contributed by atoms with Crippen LogP contribution >= 0.6 is 0 Å². The Morgan fingerprint density at radius 2 is 0.767 bits per heavy atom. The minimum atomic E-state index is -0.856. The van der Waals surface area contributed by atoms with Crippen LogP contribution in [0.3, 0.4) is 0 Å². The number of allylic oxidation sites excluding steroid dienone is 1. The van der Waals surface area contributed by atoms with Crippen LogP contribution in [0.2, 0.25) is 0 Å². The Morgan fingerprint density at radius 3 is 1.13 bits per heavy atom. The number of rotatable bonds is 50. The summed E-state index contributed by atoms with van der Waals surface area (Å²) in [5, 5.41) is 23.1. The van der Waals surface area contributed by atoms with Crippen molar-refractivity contribution < 1.29 is 24.5 Å². The lowest BCUT2D eigenvalue weighted by molar-refractivity contribution is -0.143. The van der Waals surface area contributed by atoms with Crippen molar-refractivity contribution in [1.82, 2.24) is 5.32 Å². The van der Waals surface area contributed by atoms with Gasteiger partial charge in [0.25, 0.3) is 0 Å². The van der Waals surface area contributed by atoms with Gasteiger partial charge >= 0.3 is 5.97 Å². The van der Waals surface area contributed by atoms with Crippen LogP contribution in [-0.4, -0.2) is 47.4 Å². The van der Waals surface area contributed by atoms with Crippen LogP contribution < -0.4 is 5.32 Å². The van der Waals surface area contributed by atoms with Gasteiger partial charge in [0.1, 0.15) is 0 Å². The van der Waals surface area contributed by atoms with E-state index in [1.54, 1.807) is 6.08 Å². The molecule has 0 aromatic rings. The zero-order chi connectivity index (χ0) is 43.7. The molecule has 0 fully saturated rings. The molecular weight excluding hydrogens is 743 g/mol. The van der Waals surface area contributed by atoms with Crippen molar-refractivity contribution in [3.63, 3.8) is 0 Å². The van der Waals surface area contributed by atoms with Crippen LogP contribution in [-0.2, 0) is 14.3 Å². The van der Waals surface area contributed by atoms with Gasteiger partial charge in [-0.1, -0.05) is 264 Å². The van der Waals surface area contributed by atoms with Crippen LogP contribution in [0.15, 0.2) is 12.2 Å². The fraction of sp³-hybridized carbons (Fsp3) is 0.926. The number of esters is 1. The first-order chi connectivity index (χ1) is 29.5. The van der Waals surface area contributed by atoms with Gasteiger partial charge in [0, 0.05) is 12.8 Å². The number of ether oxygens (including phenoxy) is 1. The minimum Gasteiger partial charge on any atom is -0.466 e. The summed E-state index contributed by atoms with van der Waals surface area (Å²) in [6.07, 6.45) is 57.9. The molecule has 0 aliphatic rings. The standard InChI is InChI=1S/C54H105NO5/c1-3-5-7-9-11-13-15-16-17-18-19-20-21-22-23-24-27-30-34-38-42-46-52(57)51(50-56)55-53(58)47-43-39-35-31-28-25-29-33-37-41-45-49-60-54(59)48-44-40-36-32-26-14-12-10-8-6-4-2/h42,46,51-52,56-57H,3-41,43-45,47-50H2,1-2H3,(H,55,58)/b46-42+. The molecule has 3 N–H and O–H groups in total. The predicted molar refractivity (Wildman–Crippen MR) is 260 cm³/mol. The topological polar surface area (TPSA) is 95.9 Å². The number of unbranched alkanes of at least 4 members (excludes halogenated alkanes) is 39. The Balaban J connectivity index is 3.51. The van der Waals surface area contributed by atoms with Crippen molar-refractivity contribution in [3.8, 4) is 0 Å². The molecule has 60 heavy (non-hydrogen) atoms. The van der Waals surface area contributed by atoms with Crippen molar-refractivity contribution in [1.29, 1.82) is 0 Å². The van der Waals surface area contributed by atoms with Crippen LogP contribution in [0.5, 0.6) is 0 Å². The molecular formula is C54H105NO5. The SMILES string of the molecule is CCCCCCCCCCCCCCCCCCCCC/C=C/C(O)C(CO)NC(=O)CCCCCCCCCCCCCOC(=O)CCCCCCCCCCCCC. The molecule has 6 nitrogen and oxygen atoms in total. The molecule has 0 aromatic carbocycles. The third kappa shape index (κ3) is 46.1. The van der Waals surface area contributed by atoms with Crippen LogP contribution in [0.1, 0.15) is 296 Å². The average molecular weight is 848 g/mol. The molecule has 2 unspecified atom stereocenters. The zero-order valence-electron chi connectivity index (χ0n) is 40.5. The molecule has 0 bridgehead atoms. The van der Waals surface area contributed by atoms with Gasteiger partial charge in [-0.2, -0.15) is 0 Å². The fourth-order valence-electron chi connectivity index (χ4n) is 8.40. The Morgan fingerprint density at radius 1 is 0.450 bits per heavy atom. The Labute approximate surface area is 374 Å². The summed E-state index contributed by atoms with van der Waals surface area (Å²) in [7, 11) is 0. The smallest absolute Gasteiger partial charge is 0.305 e. The van der Waals surface area contributed by atoms with E-state index in [0.29, 0.717) is 19.4 Å². The fourth-order valence-corrected chi connectivity index (χ4v) is 8.40. The number of aliphatic hydroxyl groups excluding tert-OH is 2. The van der Waals surface area contributed by atoms with E-state index in [4.69, 9.17) is 4.74 Å². The van der Waals surface area contributed by atoms with Gasteiger partial charge in [-0.3, -0.25) is 9.59 Å². The highest BCUT2D eigenvalue weighted by atomic mass is 16.5. The highest BCUT2D eigenvalue weighted by Gasteiger charge is 2.18. The number of carbonyl (C=O) groups is 2. The molecule has 0 heterocycles. The van der Waals surface area contributed by atoms with Gasteiger partial charge in [-0.25, -0.2) is 0 Å². The maximum absolute atomic E-state index is 12.5. The second kappa shape index (κ2) is 50.2. The first-order valence-electron chi connectivity index (χ1n) is 27.0. The molecule has 1 amide bonds. The summed E-state index contributed by atoms with van der Waals surface area (Å²) in [5.41, 5.74) is 0. The van der Waals surface area contributed by atoms with Crippen molar-refractivity contribution in [3.05, 3.63) is 12.2 Å². The van der Waals surface area contributed by atoms with Gasteiger partial charge in [-0.15, -0.1) is 0 Å². The summed E-state index contributed by atoms with van der Waals surface area (Å²) in [6, 6.07) is -0.641. The highest BCUT2D eigenvalue weighted by Crippen LogP contribution is 2.17. The highest BCUT2D eigenvalue weighted by molar-refractivity contribution is 5.76. The number of aliphatic hydroxyl groups is 2. The third-order valence-corrected chi connectivity index (χ3v) is 12.6. The van der Waals surface area contributed by atoms with Gasteiger partial charge in [-0.05, 0) is 32.1 Å². The van der Waals surface area contributed by atoms with Crippen molar-refractivity contribution in [2.75, 3.05) is 13.2 Å². The number of hydrogen-bond acceptors (Lipinski definition) is 5. The molecule has 0 aliphatic heterocycles. The predicted octanol–water partition coefficient (Wildman–Crippen LogP) is 16.1. The van der Waals surface area contributed by atoms with E-state index in [1.165, 1.54) is 212 Å². The maximum Gasteiger partial charge on any atom is 0.305 e. The molecule has 356 valence electrons. The van der Waals surface area contributed by atoms with E-state index in [9.17, 15) is 19.8 Å². The molecule has 6 heteroatoms. The van der Waals surface area contributed by atoms with E-state index < -0.39 is 12.1 Å². The number of nitrogens with one attached hydrogen (secondary N) is 1. The van der Waals surface area contributed by atoms with Gasteiger partial charge in [0.2, 0.25) is 5.91 Å². The molecule has 0 saturated heterocycles.